The molecule has 0 heterocycles. The van der Waals surface area contributed by atoms with Crippen molar-refractivity contribution in [2.75, 3.05) is 6.67 Å². The Morgan fingerprint density at radius 3 is 1.64 bits per heavy atom. The summed E-state index contributed by atoms with van der Waals surface area (Å²) in [5.41, 5.74) is 13.8. The zero-order valence-electron chi connectivity index (χ0n) is 7.27. The van der Waals surface area contributed by atoms with Gasteiger partial charge in [0.25, 0.3) is 0 Å². The van der Waals surface area contributed by atoms with Gasteiger partial charge in [-0.1, -0.05) is 0 Å². The standard InChI is InChI=1S/C4H8N2O3.C2H4FNO/c5-2(4(8)9)1-3(6)7;3-1-2(4)5/h2H,1,5H2,(H2,6,7)(H,8,9);1H2,(H2,4,5). The van der Waals surface area contributed by atoms with Gasteiger partial charge in [0, 0.05) is 0 Å². The molecule has 0 rings (SSSR count). The number of nitrogens with two attached hydrogens (primary N) is 3. The van der Waals surface area contributed by atoms with Crippen molar-refractivity contribution in [1.82, 2.24) is 0 Å². The molecule has 14 heavy (non-hydrogen) atoms. The van der Waals surface area contributed by atoms with E-state index in [-0.39, 0.29) is 6.42 Å². The lowest BCUT2D eigenvalue weighted by molar-refractivity contribution is -0.140. The van der Waals surface area contributed by atoms with Gasteiger partial charge in [-0.05, 0) is 0 Å². The summed E-state index contributed by atoms with van der Waals surface area (Å²) in [6, 6.07) is -1.16. The van der Waals surface area contributed by atoms with Gasteiger partial charge in [0.05, 0.1) is 6.42 Å². The zero-order valence-corrected chi connectivity index (χ0v) is 7.27. The Hall–Kier alpha value is -1.70. The molecule has 0 spiro atoms. The fraction of sp³-hybridized carbons (Fsp3) is 0.500. The van der Waals surface area contributed by atoms with E-state index in [1.165, 1.54) is 0 Å². The van der Waals surface area contributed by atoms with Gasteiger partial charge in [-0.25, -0.2) is 4.39 Å². The highest BCUT2D eigenvalue weighted by Crippen LogP contribution is 1.84. The van der Waals surface area contributed by atoms with Gasteiger partial charge < -0.3 is 22.3 Å². The zero-order chi connectivity index (χ0) is 11.7. The second-order valence-electron chi connectivity index (χ2n) is 2.22. The van der Waals surface area contributed by atoms with Gasteiger partial charge in [0.1, 0.15) is 6.04 Å². The first kappa shape index (κ1) is 14.8. The van der Waals surface area contributed by atoms with Crippen LogP contribution < -0.4 is 17.2 Å². The molecule has 0 fully saturated rings. The van der Waals surface area contributed by atoms with Crippen molar-refractivity contribution < 1.29 is 23.9 Å². The Kier molecular flexibility index (Phi) is 8.38. The fourth-order valence-electron chi connectivity index (χ4n) is 0.304. The summed E-state index contributed by atoms with van der Waals surface area (Å²) in [6.45, 7) is -1.06. The van der Waals surface area contributed by atoms with E-state index < -0.39 is 30.5 Å². The predicted molar refractivity (Wildman–Crippen MR) is 44.6 cm³/mol. The van der Waals surface area contributed by atoms with E-state index in [2.05, 4.69) is 11.5 Å². The second-order valence-corrected chi connectivity index (χ2v) is 2.22. The van der Waals surface area contributed by atoms with Crippen molar-refractivity contribution in [2.45, 2.75) is 12.5 Å². The molecular formula is C6H12FN3O4. The topological polar surface area (TPSA) is 150 Å². The van der Waals surface area contributed by atoms with Crippen LogP contribution >= 0.6 is 0 Å². The summed E-state index contributed by atoms with van der Waals surface area (Å²) in [7, 11) is 0. The molecule has 1 unspecified atom stereocenters. The SMILES string of the molecule is NC(=O)CC(N)C(=O)O.NC(=O)CF. The van der Waals surface area contributed by atoms with Gasteiger partial charge in [-0.2, -0.15) is 0 Å². The highest BCUT2D eigenvalue weighted by Gasteiger charge is 2.13. The van der Waals surface area contributed by atoms with E-state index in [0.29, 0.717) is 0 Å². The van der Waals surface area contributed by atoms with E-state index in [0.717, 1.165) is 0 Å². The van der Waals surface area contributed by atoms with Crippen molar-refractivity contribution in [1.29, 1.82) is 0 Å². The molecule has 0 aromatic rings. The van der Waals surface area contributed by atoms with E-state index in [1.807, 2.05) is 0 Å². The van der Waals surface area contributed by atoms with Crippen LogP contribution in [0.2, 0.25) is 0 Å². The second kappa shape index (κ2) is 7.92. The number of halogens is 1. The molecule has 2 amide bonds. The van der Waals surface area contributed by atoms with Crippen LogP contribution in [0.1, 0.15) is 6.42 Å². The van der Waals surface area contributed by atoms with Gasteiger partial charge in [-0.3, -0.25) is 14.4 Å². The lowest BCUT2D eigenvalue weighted by Crippen LogP contribution is -2.34. The molecule has 0 saturated heterocycles. The maximum Gasteiger partial charge on any atom is 0.321 e. The number of carbonyl (C=O) groups excluding carboxylic acids is 2. The Bertz CT molecular complexity index is 221. The summed E-state index contributed by atoms with van der Waals surface area (Å²) in [4.78, 5) is 29.1. The lowest BCUT2D eigenvalue weighted by atomic mass is 10.2. The number of carboxylic acids is 1. The van der Waals surface area contributed by atoms with Crippen LogP contribution in [0.25, 0.3) is 0 Å². The molecule has 0 radical (unpaired) electrons. The Balaban J connectivity index is 0. The van der Waals surface area contributed by atoms with Gasteiger partial charge in [-0.15, -0.1) is 0 Å². The molecule has 0 aliphatic heterocycles. The van der Waals surface area contributed by atoms with Crippen molar-refractivity contribution in [3.8, 4) is 0 Å². The number of rotatable bonds is 4. The van der Waals surface area contributed by atoms with Gasteiger partial charge >= 0.3 is 5.97 Å². The number of carboxylic acid groups (broad SMARTS) is 1. The third kappa shape index (κ3) is 12.9. The average molecular weight is 209 g/mol. The number of carbonyl (C=O) groups is 3. The highest BCUT2D eigenvalue weighted by atomic mass is 19.1. The first-order chi connectivity index (χ1) is 6.31. The monoisotopic (exact) mass is 209 g/mol. The fourth-order valence-corrected chi connectivity index (χ4v) is 0.304. The summed E-state index contributed by atoms with van der Waals surface area (Å²) in [6.07, 6.45) is -0.310. The molecular weight excluding hydrogens is 197 g/mol. The highest BCUT2D eigenvalue weighted by molar-refractivity contribution is 5.83. The minimum absolute atomic E-state index is 0.310. The van der Waals surface area contributed by atoms with Crippen LogP contribution in [-0.4, -0.2) is 35.6 Å². The van der Waals surface area contributed by atoms with Crippen LogP contribution in [0.15, 0.2) is 0 Å². The van der Waals surface area contributed by atoms with Gasteiger partial charge in [0.15, 0.2) is 6.67 Å². The Morgan fingerprint density at radius 2 is 1.57 bits per heavy atom. The third-order valence-electron chi connectivity index (χ3n) is 0.870. The van der Waals surface area contributed by atoms with E-state index in [4.69, 9.17) is 10.8 Å². The number of primary amides is 2. The van der Waals surface area contributed by atoms with E-state index in [9.17, 15) is 18.8 Å². The maximum atomic E-state index is 10.6. The van der Waals surface area contributed by atoms with Crippen LogP contribution in [-0.2, 0) is 14.4 Å². The summed E-state index contributed by atoms with van der Waals surface area (Å²) in [5, 5.41) is 8.10. The molecule has 8 heteroatoms. The first-order valence-corrected chi connectivity index (χ1v) is 3.42. The van der Waals surface area contributed by atoms with Crippen molar-refractivity contribution in [3.63, 3.8) is 0 Å². The molecule has 1 atom stereocenters. The van der Waals surface area contributed by atoms with E-state index >= 15 is 0 Å². The van der Waals surface area contributed by atoms with Crippen molar-refractivity contribution >= 4 is 17.8 Å². The van der Waals surface area contributed by atoms with E-state index in [1.54, 1.807) is 0 Å². The van der Waals surface area contributed by atoms with Crippen LogP contribution in [0.4, 0.5) is 4.39 Å². The smallest absolute Gasteiger partial charge is 0.321 e. The van der Waals surface area contributed by atoms with Crippen LogP contribution in [0, 0.1) is 0 Å². The lowest BCUT2D eigenvalue weighted by Gasteiger charge is -1.99. The number of aliphatic carboxylic acids is 1. The summed E-state index contributed by atoms with van der Waals surface area (Å²) >= 11 is 0. The Morgan fingerprint density at radius 1 is 1.21 bits per heavy atom. The molecule has 0 aromatic carbocycles. The number of hydrogen-bond acceptors (Lipinski definition) is 4. The normalized spacial score (nSPS) is 10.7. The summed E-state index contributed by atoms with van der Waals surface area (Å²) in [5.74, 6) is -2.83. The molecule has 0 aliphatic rings. The number of hydrogen-bond donors (Lipinski definition) is 4. The van der Waals surface area contributed by atoms with Crippen LogP contribution in [0.5, 0.6) is 0 Å². The quantitative estimate of drug-likeness (QED) is 0.411. The molecule has 0 saturated carbocycles. The molecule has 7 N–H and O–H groups in total. The maximum absolute atomic E-state index is 10.6. The molecule has 0 aliphatic carbocycles. The number of amides is 2. The molecule has 0 aromatic heterocycles. The molecule has 7 nitrogen and oxygen atoms in total. The first-order valence-electron chi connectivity index (χ1n) is 3.42. The Labute approximate surface area is 79.0 Å². The van der Waals surface area contributed by atoms with Crippen LogP contribution in [0.3, 0.4) is 0 Å². The largest absolute Gasteiger partial charge is 0.480 e. The molecule has 82 valence electrons. The van der Waals surface area contributed by atoms with Crippen molar-refractivity contribution in [3.05, 3.63) is 0 Å². The molecule has 0 bridgehead atoms. The minimum atomic E-state index is -1.21. The van der Waals surface area contributed by atoms with Gasteiger partial charge in [0.2, 0.25) is 11.8 Å². The van der Waals surface area contributed by atoms with Crippen molar-refractivity contribution in [2.24, 2.45) is 17.2 Å². The number of alkyl halides is 1. The average Bonchev–Trinajstić information content (AvgIpc) is 2.04. The third-order valence-corrected chi connectivity index (χ3v) is 0.870. The minimum Gasteiger partial charge on any atom is -0.480 e. The summed E-state index contributed by atoms with van der Waals surface area (Å²) < 4.78 is 10.6. The predicted octanol–water partition coefficient (Wildman–Crippen LogP) is -2.29.